The van der Waals surface area contributed by atoms with Gasteiger partial charge in [-0.2, -0.15) is 8.78 Å². The summed E-state index contributed by atoms with van der Waals surface area (Å²) in [6.07, 6.45) is 0. The highest BCUT2D eigenvalue weighted by atomic mass is 35.5. The molecule has 0 saturated carbocycles. The van der Waals surface area contributed by atoms with Gasteiger partial charge in [-0.15, -0.1) is 0 Å². The molecule has 0 aromatic heterocycles. The van der Waals surface area contributed by atoms with Gasteiger partial charge in [0, 0.05) is 17.7 Å². The Balaban J connectivity index is 2.00. The fourth-order valence-electron chi connectivity index (χ4n) is 2.45. The number of nitro groups is 1. The number of non-ortho nitro benzene ring substituents is 1. The summed E-state index contributed by atoms with van der Waals surface area (Å²) < 4.78 is 28.7. The number of amides is 1. The number of quaternary nitrogens is 1. The fourth-order valence-corrected chi connectivity index (χ4v) is 2.62. The number of anilines is 1. The van der Waals surface area contributed by atoms with Crippen molar-refractivity contribution in [2.45, 2.75) is 26.1 Å². The smallest absolute Gasteiger partial charge is 0.387 e. The van der Waals surface area contributed by atoms with Gasteiger partial charge in [0.1, 0.15) is 12.3 Å². The van der Waals surface area contributed by atoms with Gasteiger partial charge in [-0.25, -0.2) is 0 Å². The maximum atomic E-state index is 12.5. The van der Waals surface area contributed by atoms with Crippen LogP contribution in [0.1, 0.15) is 12.5 Å². The first-order valence-electron chi connectivity index (χ1n) is 8.28. The number of rotatable bonds is 8. The molecule has 10 heteroatoms. The van der Waals surface area contributed by atoms with Gasteiger partial charge in [-0.3, -0.25) is 14.9 Å². The van der Waals surface area contributed by atoms with Crippen molar-refractivity contribution in [3.05, 3.63) is 63.2 Å². The zero-order valence-corrected chi connectivity index (χ0v) is 15.9. The average Bonchev–Trinajstić information content (AvgIpc) is 2.63. The van der Waals surface area contributed by atoms with Crippen molar-refractivity contribution in [2.75, 3.05) is 12.4 Å². The van der Waals surface area contributed by atoms with Crippen LogP contribution in [-0.4, -0.2) is 30.5 Å². The second kappa shape index (κ2) is 9.43. The maximum absolute atomic E-state index is 12.5. The van der Waals surface area contributed by atoms with E-state index in [9.17, 15) is 23.7 Å². The summed E-state index contributed by atoms with van der Waals surface area (Å²) in [4.78, 5) is 23.6. The quantitative estimate of drug-likeness (QED) is 0.513. The van der Waals surface area contributed by atoms with Crippen LogP contribution in [0.4, 0.5) is 20.2 Å². The first kappa shape index (κ1) is 21.5. The van der Waals surface area contributed by atoms with Gasteiger partial charge >= 0.3 is 6.61 Å². The van der Waals surface area contributed by atoms with Crippen LogP contribution in [0, 0.1) is 10.1 Å². The summed E-state index contributed by atoms with van der Waals surface area (Å²) in [5.74, 6) is -0.305. The number of likely N-dealkylation sites (N-methyl/N-ethyl adjacent to an activating group) is 1. The number of benzene rings is 2. The Morgan fingerprint density at radius 2 is 1.93 bits per heavy atom. The molecular formula is C18H19ClF2N3O4+. The third-order valence-corrected chi connectivity index (χ3v) is 4.51. The molecule has 150 valence electrons. The normalized spacial score (nSPS) is 13.1. The average molecular weight is 415 g/mol. The van der Waals surface area contributed by atoms with E-state index in [1.807, 2.05) is 0 Å². The second-order valence-corrected chi connectivity index (χ2v) is 6.58. The molecule has 7 nitrogen and oxygen atoms in total. The van der Waals surface area contributed by atoms with Gasteiger partial charge in [0.15, 0.2) is 6.04 Å². The van der Waals surface area contributed by atoms with Crippen molar-refractivity contribution in [3.63, 3.8) is 0 Å². The molecule has 2 rings (SSSR count). The fraction of sp³-hybridized carbons (Fsp3) is 0.278. The number of nitrogens with one attached hydrogen (secondary N) is 2. The summed E-state index contributed by atoms with van der Waals surface area (Å²) in [7, 11) is 1.79. The van der Waals surface area contributed by atoms with E-state index in [0.717, 1.165) is 10.5 Å². The second-order valence-electron chi connectivity index (χ2n) is 6.18. The third-order valence-electron chi connectivity index (χ3n) is 4.18. The minimum absolute atomic E-state index is 0.0579. The molecule has 0 spiro atoms. The maximum Gasteiger partial charge on any atom is 0.387 e. The third kappa shape index (κ3) is 5.86. The van der Waals surface area contributed by atoms with Gasteiger partial charge in [0.05, 0.1) is 22.7 Å². The zero-order valence-electron chi connectivity index (χ0n) is 15.1. The zero-order chi connectivity index (χ0) is 20.8. The molecule has 2 atom stereocenters. The van der Waals surface area contributed by atoms with Crippen molar-refractivity contribution in [1.82, 2.24) is 0 Å². The predicted molar refractivity (Wildman–Crippen MR) is 99.9 cm³/mol. The lowest BCUT2D eigenvalue weighted by molar-refractivity contribution is -0.907. The Morgan fingerprint density at radius 3 is 2.50 bits per heavy atom. The summed E-state index contributed by atoms with van der Waals surface area (Å²) in [6, 6.07) is 9.44. The molecule has 1 unspecified atom stereocenters. The molecule has 1 amide bonds. The highest BCUT2D eigenvalue weighted by Gasteiger charge is 2.23. The number of nitro benzene ring substituents is 1. The molecule has 28 heavy (non-hydrogen) atoms. The van der Waals surface area contributed by atoms with E-state index >= 15 is 0 Å². The molecule has 0 aliphatic rings. The molecular weight excluding hydrogens is 396 g/mol. The van der Waals surface area contributed by atoms with E-state index in [2.05, 4.69) is 10.1 Å². The standard InChI is InChI=1S/C18H18ClF2N3O4/c1-11(17(25)22-16-9-13(24(26)27)5-8-15(16)19)23(2)10-12-3-6-14(7-4-12)28-18(20)21/h3-9,11,18H,10H2,1-2H3,(H,22,25)/p+1/t11-/m0/s1. The number of ether oxygens (including phenoxy) is 1. The minimum atomic E-state index is -2.89. The number of nitrogens with zero attached hydrogens (tertiary/aromatic N) is 1. The van der Waals surface area contributed by atoms with Crippen LogP contribution >= 0.6 is 11.6 Å². The van der Waals surface area contributed by atoms with Crippen molar-refractivity contribution in [1.29, 1.82) is 0 Å². The molecule has 2 aromatic carbocycles. The Kier molecular flexibility index (Phi) is 7.24. The van der Waals surface area contributed by atoms with Crippen LogP contribution in [0.3, 0.4) is 0 Å². The summed E-state index contributed by atoms with van der Waals surface area (Å²) in [5.41, 5.74) is 0.806. The lowest BCUT2D eigenvalue weighted by Gasteiger charge is -2.21. The van der Waals surface area contributed by atoms with E-state index in [-0.39, 0.29) is 28.1 Å². The number of carbonyl (C=O) groups is 1. The molecule has 0 radical (unpaired) electrons. The molecule has 0 aliphatic carbocycles. The molecule has 0 bridgehead atoms. The van der Waals surface area contributed by atoms with Crippen molar-refractivity contribution < 1.29 is 28.1 Å². The molecule has 0 heterocycles. The van der Waals surface area contributed by atoms with Crippen LogP contribution in [-0.2, 0) is 11.3 Å². The van der Waals surface area contributed by atoms with Gasteiger partial charge in [-0.05, 0) is 37.3 Å². The highest BCUT2D eigenvalue weighted by molar-refractivity contribution is 6.33. The van der Waals surface area contributed by atoms with Crippen LogP contribution < -0.4 is 15.0 Å². The van der Waals surface area contributed by atoms with Gasteiger partial charge in [-0.1, -0.05) is 11.6 Å². The van der Waals surface area contributed by atoms with E-state index < -0.39 is 17.6 Å². The summed E-state index contributed by atoms with van der Waals surface area (Å²) >= 11 is 6.00. The van der Waals surface area contributed by atoms with Gasteiger partial charge < -0.3 is 15.0 Å². The van der Waals surface area contributed by atoms with E-state index in [4.69, 9.17) is 11.6 Å². The minimum Gasteiger partial charge on any atom is -0.435 e. The molecule has 0 saturated heterocycles. The Morgan fingerprint density at radius 1 is 1.29 bits per heavy atom. The topological polar surface area (TPSA) is 85.9 Å². The van der Waals surface area contributed by atoms with Crippen molar-refractivity contribution >= 4 is 28.9 Å². The SMILES string of the molecule is C[C@@H](C(=O)Nc1cc([N+](=O)[O-])ccc1Cl)[NH+](C)Cc1ccc(OC(F)F)cc1. The van der Waals surface area contributed by atoms with Crippen LogP contribution in [0.15, 0.2) is 42.5 Å². The Bertz CT molecular complexity index is 849. The number of hydrogen-bond donors (Lipinski definition) is 2. The van der Waals surface area contributed by atoms with E-state index in [1.165, 1.54) is 30.3 Å². The largest absolute Gasteiger partial charge is 0.435 e. The van der Waals surface area contributed by atoms with Crippen LogP contribution in [0.5, 0.6) is 5.75 Å². The van der Waals surface area contributed by atoms with Gasteiger partial charge in [0.25, 0.3) is 11.6 Å². The Labute approximate surface area is 165 Å². The van der Waals surface area contributed by atoms with Crippen LogP contribution in [0.25, 0.3) is 0 Å². The van der Waals surface area contributed by atoms with E-state index in [0.29, 0.717) is 6.54 Å². The van der Waals surface area contributed by atoms with Crippen LogP contribution in [0.2, 0.25) is 5.02 Å². The molecule has 2 aromatic rings. The Hall–Kier alpha value is -2.78. The molecule has 2 N–H and O–H groups in total. The van der Waals surface area contributed by atoms with Crippen molar-refractivity contribution in [3.8, 4) is 5.75 Å². The predicted octanol–water partition coefficient (Wildman–Crippen LogP) is 2.89. The monoisotopic (exact) mass is 414 g/mol. The van der Waals surface area contributed by atoms with E-state index in [1.54, 1.807) is 26.1 Å². The summed E-state index contributed by atoms with van der Waals surface area (Å²) in [5, 5.41) is 13.7. The molecule has 0 fully saturated rings. The lowest BCUT2D eigenvalue weighted by atomic mass is 10.1. The highest BCUT2D eigenvalue weighted by Crippen LogP contribution is 2.26. The molecule has 0 aliphatic heterocycles. The first-order valence-corrected chi connectivity index (χ1v) is 8.66. The van der Waals surface area contributed by atoms with Crippen molar-refractivity contribution in [2.24, 2.45) is 0 Å². The summed E-state index contributed by atoms with van der Waals surface area (Å²) in [6.45, 7) is -0.736. The number of halogens is 3. The van der Waals surface area contributed by atoms with Gasteiger partial charge in [0.2, 0.25) is 0 Å². The lowest BCUT2D eigenvalue weighted by Crippen LogP contribution is -3.12. The number of carbonyl (C=O) groups excluding carboxylic acids is 1. The number of alkyl halides is 2. The first-order chi connectivity index (χ1) is 13.2. The number of hydrogen-bond acceptors (Lipinski definition) is 4.